The van der Waals surface area contributed by atoms with Gasteiger partial charge < -0.3 is 37.2 Å². The van der Waals surface area contributed by atoms with Crippen LogP contribution in [0.4, 0.5) is 0 Å². The van der Waals surface area contributed by atoms with Gasteiger partial charge in [0.05, 0.1) is 0 Å². The van der Waals surface area contributed by atoms with Crippen molar-refractivity contribution in [1.82, 2.24) is 0 Å². The fourth-order valence-corrected chi connectivity index (χ4v) is 1.92. The number of benzene rings is 1. The van der Waals surface area contributed by atoms with Crippen molar-refractivity contribution in [2.24, 2.45) is 0 Å². The molecule has 0 N–H and O–H groups in total. The van der Waals surface area contributed by atoms with Gasteiger partial charge in [-0.1, -0.05) is 0 Å². The van der Waals surface area contributed by atoms with Crippen LogP contribution in [0, 0.1) is 0 Å². The molecular weight excluding hydrogens is 301 g/mol. The first kappa shape index (κ1) is 18.5. The van der Waals surface area contributed by atoms with E-state index in [1.807, 2.05) is 0 Å². The summed E-state index contributed by atoms with van der Waals surface area (Å²) in [6.45, 7) is 0. The van der Waals surface area contributed by atoms with Crippen LogP contribution in [0.3, 0.4) is 0 Å². The van der Waals surface area contributed by atoms with Gasteiger partial charge in [0.15, 0.2) is 0 Å². The van der Waals surface area contributed by atoms with Crippen molar-refractivity contribution < 1.29 is 54.6 Å². The van der Waals surface area contributed by atoms with E-state index in [0.717, 1.165) is 12.8 Å². The molecule has 0 saturated heterocycles. The Labute approximate surface area is 125 Å². The Kier molecular flexibility index (Phi) is 10.7. The Morgan fingerprint density at radius 2 is 1.62 bits per heavy atom. The SMILES string of the molecule is [Cl-].[Cl-].[Cl-].[V+3][C]1=C(Cc2ccccc2)C=CC1. The van der Waals surface area contributed by atoms with Crippen molar-refractivity contribution in [3.63, 3.8) is 0 Å². The van der Waals surface area contributed by atoms with E-state index in [2.05, 4.69) is 59.9 Å². The second-order valence-corrected chi connectivity index (χ2v) is 4.08. The van der Waals surface area contributed by atoms with Gasteiger partial charge in [-0.25, -0.2) is 0 Å². The Balaban J connectivity index is 0. The Morgan fingerprint density at radius 3 is 2.12 bits per heavy atom. The van der Waals surface area contributed by atoms with Gasteiger partial charge in [-0.15, -0.1) is 0 Å². The molecule has 0 aliphatic heterocycles. The number of hydrogen-bond donors (Lipinski definition) is 0. The average Bonchev–Trinajstić information content (AvgIpc) is 2.54. The summed E-state index contributed by atoms with van der Waals surface area (Å²) < 4.78 is 1.45. The van der Waals surface area contributed by atoms with Gasteiger partial charge in [-0.2, -0.15) is 0 Å². The van der Waals surface area contributed by atoms with Crippen LogP contribution in [0.25, 0.3) is 0 Å². The third-order valence-corrected chi connectivity index (χ3v) is 2.97. The van der Waals surface area contributed by atoms with E-state index in [9.17, 15) is 0 Å². The van der Waals surface area contributed by atoms with Gasteiger partial charge in [-0.3, -0.25) is 0 Å². The number of halogens is 3. The molecule has 0 atom stereocenters. The average molecular weight is 313 g/mol. The zero-order valence-electron chi connectivity index (χ0n) is 8.54. The normalized spacial score (nSPS) is 12.6. The molecule has 0 radical (unpaired) electrons. The molecule has 0 spiro atoms. The molecule has 0 amide bonds. The van der Waals surface area contributed by atoms with Gasteiger partial charge >= 0.3 is 88.2 Å². The van der Waals surface area contributed by atoms with Crippen molar-refractivity contribution in [2.75, 3.05) is 0 Å². The van der Waals surface area contributed by atoms with Crippen molar-refractivity contribution in [3.05, 3.63) is 57.9 Å². The molecule has 1 aliphatic carbocycles. The number of rotatable bonds is 2. The molecule has 0 saturated carbocycles. The first-order valence-electron chi connectivity index (χ1n) is 4.48. The number of allylic oxidation sites excluding steroid dienone is 4. The molecular formula is C12H11Cl3V. The summed E-state index contributed by atoms with van der Waals surface area (Å²) in [5, 5.41) is 0. The third kappa shape index (κ3) is 4.99. The van der Waals surface area contributed by atoms with Gasteiger partial charge in [0.25, 0.3) is 0 Å². The molecule has 1 aromatic carbocycles. The molecule has 0 unspecified atom stereocenters. The fraction of sp³-hybridized carbons (Fsp3) is 0.167. The molecule has 0 fully saturated rings. The molecule has 0 aromatic heterocycles. The molecule has 4 heteroatoms. The predicted octanol–water partition coefficient (Wildman–Crippen LogP) is -6.00. The Hall–Kier alpha value is 0.154. The zero-order chi connectivity index (χ0) is 9.10. The summed E-state index contributed by atoms with van der Waals surface area (Å²) in [5.74, 6) is 0. The molecule has 2 rings (SSSR count). The summed E-state index contributed by atoms with van der Waals surface area (Å²) in [4.78, 5) is 0. The van der Waals surface area contributed by atoms with Crippen LogP contribution in [-0.4, -0.2) is 0 Å². The van der Waals surface area contributed by atoms with Crippen LogP contribution in [0.5, 0.6) is 0 Å². The van der Waals surface area contributed by atoms with E-state index in [4.69, 9.17) is 0 Å². The summed E-state index contributed by atoms with van der Waals surface area (Å²) in [6.07, 6.45) is 6.65. The van der Waals surface area contributed by atoms with Gasteiger partial charge in [0.1, 0.15) is 0 Å². The molecule has 1 aliphatic rings. The van der Waals surface area contributed by atoms with Crippen molar-refractivity contribution in [3.8, 4) is 0 Å². The Morgan fingerprint density at radius 1 is 1.00 bits per heavy atom. The predicted molar refractivity (Wildman–Crippen MR) is 50.9 cm³/mol. The van der Waals surface area contributed by atoms with E-state index in [-0.39, 0.29) is 37.2 Å². The van der Waals surface area contributed by atoms with Crippen LogP contribution in [0.2, 0.25) is 0 Å². The van der Waals surface area contributed by atoms with E-state index < -0.39 is 0 Å². The van der Waals surface area contributed by atoms with E-state index in [1.54, 1.807) is 0 Å². The summed E-state index contributed by atoms with van der Waals surface area (Å²) >= 11 is 2.67. The topological polar surface area (TPSA) is 0 Å². The van der Waals surface area contributed by atoms with E-state index >= 15 is 0 Å². The molecule has 0 heterocycles. The monoisotopic (exact) mass is 311 g/mol. The van der Waals surface area contributed by atoms with Crippen LogP contribution < -0.4 is 37.2 Å². The van der Waals surface area contributed by atoms with E-state index in [0.29, 0.717) is 0 Å². The molecule has 0 bridgehead atoms. The molecule has 0 nitrogen and oxygen atoms in total. The zero-order valence-corrected chi connectivity index (χ0v) is 12.2. The van der Waals surface area contributed by atoms with Gasteiger partial charge in [-0.05, 0) is 0 Å². The van der Waals surface area contributed by atoms with Crippen LogP contribution in [-0.2, 0) is 23.8 Å². The maximum absolute atomic E-state index is 2.67. The third-order valence-electron chi connectivity index (χ3n) is 2.24. The second kappa shape index (κ2) is 9.21. The first-order chi connectivity index (χ1) is 6.36. The van der Waals surface area contributed by atoms with Crippen molar-refractivity contribution in [2.45, 2.75) is 12.8 Å². The van der Waals surface area contributed by atoms with Gasteiger partial charge in [0.2, 0.25) is 0 Å². The minimum absolute atomic E-state index is 0. The number of hydrogen-bond acceptors (Lipinski definition) is 0. The van der Waals surface area contributed by atoms with Crippen molar-refractivity contribution >= 4 is 0 Å². The summed E-state index contributed by atoms with van der Waals surface area (Å²) in [7, 11) is 0. The second-order valence-electron chi connectivity index (χ2n) is 3.24. The van der Waals surface area contributed by atoms with Gasteiger partial charge in [0, 0.05) is 0 Å². The van der Waals surface area contributed by atoms with Crippen molar-refractivity contribution in [1.29, 1.82) is 0 Å². The molecule has 85 valence electrons. The Bertz CT molecular complexity index is 358. The summed E-state index contributed by atoms with van der Waals surface area (Å²) in [6, 6.07) is 10.6. The fourth-order valence-electron chi connectivity index (χ4n) is 1.52. The quantitative estimate of drug-likeness (QED) is 0.510. The van der Waals surface area contributed by atoms with Crippen LogP contribution in [0.1, 0.15) is 12.0 Å². The summed E-state index contributed by atoms with van der Waals surface area (Å²) in [5.41, 5.74) is 2.86. The van der Waals surface area contributed by atoms with Crippen LogP contribution >= 0.6 is 0 Å². The molecule has 1 aromatic rings. The van der Waals surface area contributed by atoms with Crippen LogP contribution in [0.15, 0.2) is 52.3 Å². The first-order valence-corrected chi connectivity index (χ1v) is 5.17. The standard InChI is InChI=1S/C12H11.3ClH.V/c1-2-6-11(7-3-1)10-12-8-4-5-9-12;;;;/h1-4,6-8H,5,10H2;3*1H;/q;;;;+3/p-3. The maximum atomic E-state index is 2.67. The minimum atomic E-state index is 0. The van der Waals surface area contributed by atoms with E-state index in [1.165, 1.54) is 15.4 Å². The molecule has 16 heavy (non-hydrogen) atoms.